The van der Waals surface area contributed by atoms with Crippen molar-refractivity contribution in [1.29, 1.82) is 0 Å². The summed E-state index contributed by atoms with van der Waals surface area (Å²) < 4.78 is 30.4. The van der Waals surface area contributed by atoms with E-state index in [0.717, 1.165) is 77.0 Å². The minimum atomic E-state index is -4.71. The third kappa shape index (κ3) is 64.0. The van der Waals surface area contributed by atoms with E-state index in [-0.39, 0.29) is 24.9 Å². The molecule has 486 valence electrons. The molecule has 1 amide bonds. The Morgan fingerprint density at radius 2 is 0.735 bits per heavy atom. The summed E-state index contributed by atoms with van der Waals surface area (Å²) in [6, 6.07) is -0.898. The van der Waals surface area contributed by atoms with Crippen LogP contribution >= 0.6 is 7.82 Å². The molecule has 0 spiro atoms. The van der Waals surface area contributed by atoms with Crippen LogP contribution in [-0.4, -0.2) is 69.4 Å². The molecular formula is C73H137N2O7P. The highest BCUT2D eigenvalue weighted by molar-refractivity contribution is 7.45. The molecule has 0 fully saturated rings. The molecule has 0 rings (SSSR count). The van der Waals surface area contributed by atoms with E-state index >= 15 is 0 Å². The lowest BCUT2D eigenvalue weighted by Gasteiger charge is -2.30. The van der Waals surface area contributed by atoms with Crippen LogP contribution in [-0.2, 0) is 27.9 Å². The molecule has 10 heteroatoms. The number of nitrogens with zero attached hydrogens (tertiary/aromatic N) is 1. The minimum absolute atomic E-state index is 0.0258. The number of hydrogen-bond acceptors (Lipinski definition) is 7. The van der Waals surface area contributed by atoms with Crippen LogP contribution < -0.4 is 10.2 Å². The first-order chi connectivity index (χ1) is 40.4. The van der Waals surface area contributed by atoms with Crippen LogP contribution in [0.2, 0.25) is 0 Å². The quantitative estimate of drug-likeness (QED) is 0.0212. The van der Waals surface area contributed by atoms with Crippen LogP contribution in [0.25, 0.3) is 0 Å². The van der Waals surface area contributed by atoms with E-state index in [0.29, 0.717) is 23.9 Å². The van der Waals surface area contributed by atoms with Crippen LogP contribution in [0.1, 0.15) is 342 Å². The molecule has 0 aliphatic carbocycles. The van der Waals surface area contributed by atoms with Crippen molar-refractivity contribution < 1.29 is 37.3 Å². The van der Waals surface area contributed by atoms with Gasteiger partial charge in [-0.1, -0.05) is 294 Å². The summed E-state index contributed by atoms with van der Waals surface area (Å²) in [5, 5.41) is 3.04. The summed E-state index contributed by atoms with van der Waals surface area (Å²) in [5.74, 6) is -0.553. The summed E-state index contributed by atoms with van der Waals surface area (Å²) in [6.07, 6.45) is 80.6. The van der Waals surface area contributed by atoms with Gasteiger partial charge in [0, 0.05) is 12.8 Å². The Morgan fingerprint density at radius 1 is 0.422 bits per heavy atom. The zero-order valence-electron chi connectivity index (χ0n) is 55.7. The van der Waals surface area contributed by atoms with E-state index in [9.17, 15) is 19.0 Å². The van der Waals surface area contributed by atoms with Crippen molar-refractivity contribution in [3.63, 3.8) is 0 Å². The second kappa shape index (κ2) is 62.8. The highest BCUT2D eigenvalue weighted by Crippen LogP contribution is 2.38. The number of phosphoric ester groups is 1. The highest BCUT2D eigenvalue weighted by Gasteiger charge is 2.27. The molecule has 0 aromatic heterocycles. The van der Waals surface area contributed by atoms with Crippen molar-refractivity contribution in [2.45, 2.75) is 354 Å². The van der Waals surface area contributed by atoms with E-state index in [2.05, 4.69) is 74.7 Å². The molecule has 9 nitrogen and oxygen atoms in total. The van der Waals surface area contributed by atoms with Crippen molar-refractivity contribution in [3.05, 3.63) is 60.8 Å². The number of nitrogens with one attached hydrogen (secondary N) is 1. The number of phosphoric acid groups is 1. The molecule has 0 bridgehead atoms. The van der Waals surface area contributed by atoms with Gasteiger partial charge in [0.05, 0.1) is 33.8 Å². The Hall–Kier alpha value is -2.29. The van der Waals surface area contributed by atoms with Gasteiger partial charge >= 0.3 is 5.97 Å². The Morgan fingerprint density at radius 3 is 1.13 bits per heavy atom. The van der Waals surface area contributed by atoms with Gasteiger partial charge in [-0.3, -0.25) is 14.2 Å². The van der Waals surface area contributed by atoms with Crippen LogP contribution in [0.3, 0.4) is 0 Å². The summed E-state index contributed by atoms with van der Waals surface area (Å²) >= 11 is 0. The maximum absolute atomic E-state index is 13.6. The summed E-state index contributed by atoms with van der Waals surface area (Å²) in [5.41, 5.74) is 0. The molecule has 0 saturated carbocycles. The van der Waals surface area contributed by atoms with Crippen molar-refractivity contribution in [1.82, 2.24) is 5.32 Å². The number of carbonyl (C=O) groups is 2. The molecule has 83 heavy (non-hydrogen) atoms. The predicted molar refractivity (Wildman–Crippen MR) is 358 cm³/mol. The molecular weight excluding hydrogens is 1050 g/mol. The van der Waals surface area contributed by atoms with Crippen molar-refractivity contribution in [3.8, 4) is 0 Å². The molecule has 0 aromatic carbocycles. The number of amides is 1. The summed E-state index contributed by atoms with van der Waals surface area (Å²) in [4.78, 5) is 40.2. The van der Waals surface area contributed by atoms with Gasteiger partial charge in [-0.2, -0.15) is 0 Å². The fourth-order valence-electron chi connectivity index (χ4n) is 10.4. The van der Waals surface area contributed by atoms with Gasteiger partial charge in [-0.25, -0.2) is 0 Å². The standard InChI is InChI=1S/C73H137N2O7P/c1-7-10-13-16-19-22-25-28-30-32-33-34-35-36-37-38-39-40-41-43-44-47-50-53-56-59-62-65-72(76)74-70(69-81-83(78,79)80-68-67-75(4,5)6)71(64-61-58-55-52-49-46-27-24-21-18-15-12-9-3)82-73(77)66-63-60-57-54-51-48-45-42-31-29-26-23-20-17-14-11-8-2/h20,23,28-31,45,48,61,64,70-71H,7-19,21-22,24-27,32-44,46-47,49-60,62-63,65-69H2,1-6H3,(H-,74,76,78,79)/b23-20-,30-28+,31-29-,48-45-,64-61-. The van der Waals surface area contributed by atoms with Gasteiger partial charge in [0.15, 0.2) is 0 Å². The van der Waals surface area contributed by atoms with Crippen LogP contribution in [0.15, 0.2) is 60.8 Å². The number of unbranched alkanes of at least 4 members (excludes halogenated alkanes) is 41. The second-order valence-corrected chi connectivity index (χ2v) is 26.8. The fourth-order valence-corrected chi connectivity index (χ4v) is 11.1. The zero-order valence-corrected chi connectivity index (χ0v) is 56.6. The normalized spacial score (nSPS) is 13.9. The minimum Gasteiger partial charge on any atom is -0.756 e. The first-order valence-electron chi connectivity index (χ1n) is 35.6. The van der Waals surface area contributed by atoms with Gasteiger partial charge in [0.2, 0.25) is 5.91 Å². The monoisotopic (exact) mass is 1190 g/mol. The molecule has 3 atom stereocenters. The molecule has 3 unspecified atom stereocenters. The largest absolute Gasteiger partial charge is 0.756 e. The van der Waals surface area contributed by atoms with Crippen molar-refractivity contribution in [2.24, 2.45) is 0 Å². The van der Waals surface area contributed by atoms with Crippen LogP contribution in [0.5, 0.6) is 0 Å². The average Bonchev–Trinajstić information content (AvgIpc) is 3.47. The van der Waals surface area contributed by atoms with E-state index < -0.39 is 26.6 Å². The number of ether oxygens (including phenoxy) is 1. The third-order valence-corrected chi connectivity index (χ3v) is 16.9. The van der Waals surface area contributed by atoms with E-state index in [1.165, 1.54) is 225 Å². The lowest BCUT2D eigenvalue weighted by atomic mass is 10.0. The Labute approximate surface area is 515 Å². The predicted octanol–water partition coefficient (Wildman–Crippen LogP) is 21.9. The second-order valence-electron chi connectivity index (χ2n) is 25.4. The SMILES string of the molecule is CCCCC/C=C\C/C=C\C/C=C\CCCCCCC(=O)OC(/C=C\CCCCCCCCCCCCC)C(COP(=O)([O-])OCC[N+](C)(C)C)NC(=O)CCCCCCCCCCCCCCCCCCC/C=C/CCCCCCCC. The smallest absolute Gasteiger partial charge is 0.306 e. The number of rotatable bonds is 65. The van der Waals surface area contributed by atoms with Gasteiger partial charge in [0.1, 0.15) is 19.3 Å². The Bertz CT molecular complexity index is 1600. The Kier molecular flexibility index (Phi) is 61.0. The van der Waals surface area contributed by atoms with Gasteiger partial charge in [-0.05, 0) is 96.0 Å². The molecule has 0 aliphatic heterocycles. The van der Waals surface area contributed by atoms with Crippen molar-refractivity contribution >= 4 is 19.7 Å². The highest BCUT2D eigenvalue weighted by atomic mass is 31.2. The number of likely N-dealkylation sites (N-methyl/N-ethyl adjacent to an activating group) is 1. The molecule has 0 radical (unpaired) electrons. The number of carbonyl (C=O) groups excluding carboxylic acids is 2. The van der Waals surface area contributed by atoms with Gasteiger partial charge in [-0.15, -0.1) is 0 Å². The first-order valence-corrected chi connectivity index (χ1v) is 37.1. The number of hydrogen-bond donors (Lipinski definition) is 1. The zero-order chi connectivity index (χ0) is 60.7. The molecule has 0 heterocycles. The average molecular weight is 1190 g/mol. The number of allylic oxidation sites excluding steroid dienone is 9. The maximum atomic E-state index is 13.6. The Balaban J connectivity index is 5.05. The van der Waals surface area contributed by atoms with E-state index in [1.807, 2.05) is 33.3 Å². The first kappa shape index (κ1) is 80.7. The van der Waals surface area contributed by atoms with E-state index in [4.69, 9.17) is 13.8 Å². The molecule has 1 N–H and O–H groups in total. The van der Waals surface area contributed by atoms with Gasteiger partial charge in [0.25, 0.3) is 7.82 Å². The molecule has 0 aliphatic rings. The topological polar surface area (TPSA) is 114 Å². The maximum Gasteiger partial charge on any atom is 0.306 e. The van der Waals surface area contributed by atoms with Crippen LogP contribution in [0, 0.1) is 0 Å². The molecule has 0 saturated heterocycles. The van der Waals surface area contributed by atoms with E-state index in [1.54, 1.807) is 0 Å². The lowest BCUT2D eigenvalue weighted by molar-refractivity contribution is -0.870. The fraction of sp³-hybridized carbons (Fsp3) is 0.836. The third-order valence-electron chi connectivity index (χ3n) is 15.9. The van der Waals surface area contributed by atoms with Crippen molar-refractivity contribution in [2.75, 3.05) is 40.9 Å². The molecule has 0 aromatic rings. The lowest BCUT2D eigenvalue weighted by Crippen LogP contribution is -2.47. The number of esters is 1. The van der Waals surface area contributed by atoms with Gasteiger partial charge < -0.3 is 28.5 Å². The van der Waals surface area contributed by atoms with Crippen LogP contribution in [0.4, 0.5) is 0 Å². The summed E-state index contributed by atoms with van der Waals surface area (Å²) in [7, 11) is 1.18. The summed E-state index contributed by atoms with van der Waals surface area (Å²) in [6.45, 7) is 6.84. The number of quaternary nitrogens is 1.